The molecule has 1 unspecified atom stereocenters. The topological polar surface area (TPSA) is 109 Å². The molecule has 0 saturated carbocycles. The third-order valence-electron chi connectivity index (χ3n) is 5.39. The number of aromatic nitrogens is 3. The van der Waals surface area contributed by atoms with Crippen LogP contribution in [0, 0.1) is 0 Å². The van der Waals surface area contributed by atoms with E-state index in [0.717, 1.165) is 11.0 Å². The number of hydrogen-bond acceptors (Lipinski definition) is 6. The number of halogens is 4. The predicted molar refractivity (Wildman–Crippen MR) is 115 cm³/mol. The molecule has 0 aliphatic carbocycles. The number of fused-ring (bicyclic) bond motifs is 2. The summed E-state index contributed by atoms with van der Waals surface area (Å²) in [5.74, 6) is -1.72. The Morgan fingerprint density at radius 3 is 2.74 bits per heavy atom. The molecule has 0 spiro atoms. The largest absolute Gasteiger partial charge is 0.482 e. The average Bonchev–Trinajstić information content (AvgIpc) is 3.32. The van der Waals surface area contributed by atoms with E-state index in [9.17, 15) is 32.3 Å². The number of hydrogen-bond donors (Lipinski definition) is 2. The van der Waals surface area contributed by atoms with Crippen molar-refractivity contribution in [3.8, 4) is 5.75 Å². The molecule has 3 heterocycles. The highest BCUT2D eigenvalue weighted by Crippen LogP contribution is 2.35. The van der Waals surface area contributed by atoms with E-state index in [1.165, 1.54) is 36.8 Å². The number of anilines is 1. The predicted octanol–water partition coefficient (Wildman–Crippen LogP) is 2.99. The molecule has 1 aromatic carbocycles. The van der Waals surface area contributed by atoms with Crippen molar-refractivity contribution in [1.29, 1.82) is 0 Å². The Kier molecular flexibility index (Phi) is 6.13. The molecule has 1 aliphatic rings. The van der Waals surface area contributed by atoms with E-state index in [1.807, 2.05) is 0 Å². The highest BCUT2D eigenvalue weighted by molar-refractivity contribution is 6.09. The molecule has 1 atom stereocenters. The molecular formula is C22H21F4N5O4. The first-order chi connectivity index (χ1) is 16.3. The molecule has 2 N–H and O–H groups in total. The van der Waals surface area contributed by atoms with E-state index in [4.69, 9.17) is 4.74 Å². The van der Waals surface area contributed by atoms with Gasteiger partial charge in [-0.25, -0.2) is 13.9 Å². The third-order valence-corrected chi connectivity index (χ3v) is 5.39. The van der Waals surface area contributed by atoms with Gasteiger partial charge in [-0.15, -0.1) is 0 Å². The van der Waals surface area contributed by atoms with Crippen LogP contribution in [-0.2, 0) is 6.54 Å². The van der Waals surface area contributed by atoms with Crippen molar-refractivity contribution in [1.82, 2.24) is 19.5 Å². The van der Waals surface area contributed by atoms with Crippen LogP contribution in [0.3, 0.4) is 0 Å². The first-order valence-electron chi connectivity index (χ1n) is 10.5. The van der Waals surface area contributed by atoms with Crippen LogP contribution in [0.1, 0.15) is 40.1 Å². The van der Waals surface area contributed by atoms with Crippen molar-refractivity contribution in [3.63, 3.8) is 0 Å². The fourth-order valence-electron chi connectivity index (χ4n) is 3.52. The highest BCUT2D eigenvalue weighted by Gasteiger charge is 2.36. The second kappa shape index (κ2) is 8.80. The van der Waals surface area contributed by atoms with Gasteiger partial charge in [0.05, 0.1) is 24.0 Å². The van der Waals surface area contributed by atoms with Gasteiger partial charge in [-0.05, 0) is 37.6 Å². The number of alkyl halides is 4. The molecule has 0 saturated heterocycles. The second-order valence-corrected chi connectivity index (χ2v) is 8.62. The molecule has 2 aromatic heterocycles. The van der Waals surface area contributed by atoms with Gasteiger partial charge in [0.2, 0.25) is 0 Å². The molecule has 186 valence electrons. The molecule has 9 nitrogen and oxygen atoms in total. The summed E-state index contributed by atoms with van der Waals surface area (Å²) >= 11 is 0. The number of aliphatic hydroxyl groups is 1. The zero-order valence-corrected chi connectivity index (χ0v) is 18.6. The van der Waals surface area contributed by atoms with Gasteiger partial charge in [-0.2, -0.15) is 18.3 Å². The minimum Gasteiger partial charge on any atom is -0.482 e. The first kappa shape index (κ1) is 24.4. The van der Waals surface area contributed by atoms with Crippen molar-refractivity contribution in [3.05, 3.63) is 53.5 Å². The van der Waals surface area contributed by atoms with Crippen LogP contribution in [0.2, 0.25) is 0 Å². The van der Waals surface area contributed by atoms with Crippen molar-refractivity contribution >= 4 is 23.1 Å². The lowest BCUT2D eigenvalue weighted by Crippen LogP contribution is -2.42. The van der Waals surface area contributed by atoms with E-state index < -0.39 is 42.9 Å². The summed E-state index contributed by atoms with van der Waals surface area (Å²) in [6.07, 6.45) is -2.16. The van der Waals surface area contributed by atoms with Gasteiger partial charge in [0.15, 0.2) is 12.3 Å². The van der Waals surface area contributed by atoms with E-state index in [0.29, 0.717) is 5.56 Å². The summed E-state index contributed by atoms with van der Waals surface area (Å²) < 4.78 is 59.1. The Labute approximate surface area is 196 Å². The summed E-state index contributed by atoms with van der Waals surface area (Å²) in [7, 11) is 0. The minimum atomic E-state index is -4.67. The Morgan fingerprint density at radius 2 is 2.06 bits per heavy atom. The van der Waals surface area contributed by atoms with Crippen LogP contribution in [0.4, 0.5) is 23.2 Å². The van der Waals surface area contributed by atoms with Crippen molar-refractivity contribution in [2.75, 3.05) is 18.5 Å². The molecular weight excluding hydrogens is 474 g/mol. The lowest BCUT2D eigenvalue weighted by atomic mass is 10.0. The van der Waals surface area contributed by atoms with Crippen LogP contribution in [0.15, 0.2) is 36.8 Å². The Bertz CT molecular complexity index is 1290. The zero-order chi connectivity index (χ0) is 25.5. The molecule has 1 aliphatic heterocycles. The molecule has 0 radical (unpaired) electrons. The van der Waals surface area contributed by atoms with Crippen LogP contribution in [0.5, 0.6) is 5.75 Å². The number of amides is 2. The SMILES string of the molecule is CC(C)(O)C(F)CN1Cc2cc(NC(=O)c3cnn4cccnc34)c(OCC(F)(F)F)cc2C1=O. The van der Waals surface area contributed by atoms with Crippen molar-refractivity contribution in [2.45, 2.75) is 38.3 Å². The van der Waals surface area contributed by atoms with E-state index in [2.05, 4.69) is 15.4 Å². The molecule has 0 fully saturated rings. The van der Waals surface area contributed by atoms with E-state index in [-0.39, 0.29) is 34.8 Å². The number of benzene rings is 1. The minimum absolute atomic E-state index is 0.0146. The summed E-state index contributed by atoms with van der Waals surface area (Å²) in [5.41, 5.74) is -1.15. The third kappa shape index (κ3) is 5.19. The second-order valence-electron chi connectivity index (χ2n) is 8.62. The van der Waals surface area contributed by atoms with Gasteiger partial charge in [-0.3, -0.25) is 9.59 Å². The number of rotatable bonds is 7. The van der Waals surface area contributed by atoms with Gasteiger partial charge in [0, 0.05) is 24.5 Å². The zero-order valence-electron chi connectivity index (χ0n) is 18.6. The number of nitrogens with one attached hydrogen (secondary N) is 1. The molecule has 35 heavy (non-hydrogen) atoms. The Morgan fingerprint density at radius 1 is 1.31 bits per heavy atom. The van der Waals surface area contributed by atoms with Crippen molar-refractivity contribution in [2.24, 2.45) is 0 Å². The van der Waals surface area contributed by atoms with Gasteiger partial charge in [0.1, 0.15) is 17.5 Å². The Hall–Kier alpha value is -3.74. The fraction of sp³-hybridized carbons (Fsp3) is 0.364. The highest BCUT2D eigenvalue weighted by atomic mass is 19.4. The smallest absolute Gasteiger partial charge is 0.422 e. The quantitative estimate of drug-likeness (QED) is 0.488. The Balaban J connectivity index is 1.64. The average molecular weight is 495 g/mol. The van der Waals surface area contributed by atoms with E-state index >= 15 is 0 Å². The normalized spacial score (nSPS) is 14.8. The molecule has 13 heteroatoms. The lowest BCUT2D eigenvalue weighted by molar-refractivity contribution is -0.153. The molecule has 3 aromatic rings. The number of ether oxygens (including phenoxy) is 1. The maximum Gasteiger partial charge on any atom is 0.422 e. The summed E-state index contributed by atoms with van der Waals surface area (Å²) in [6, 6.07) is 4.01. The van der Waals surface area contributed by atoms with Crippen LogP contribution < -0.4 is 10.1 Å². The maximum absolute atomic E-state index is 14.4. The van der Waals surface area contributed by atoms with Gasteiger partial charge < -0.3 is 20.1 Å². The van der Waals surface area contributed by atoms with Crippen LogP contribution >= 0.6 is 0 Å². The summed E-state index contributed by atoms with van der Waals surface area (Å²) in [6.45, 7) is 0.377. The summed E-state index contributed by atoms with van der Waals surface area (Å²) in [4.78, 5) is 30.9. The number of carbonyl (C=O) groups excluding carboxylic acids is 2. The van der Waals surface area contributed by atoms with Crippen molar-refractivity contribution < 1.29 is 37.0 Å². The lowest BCUT2D eigenvalue weighted by Gasteiger charge is -2.26. The van der Waals surface area contributed by atoms with Gasteiger partial charge >= 0.3 is 6.18 Å². The van der Waals surface area contributed by atoms with E-state index in [1.54, 1.807) is 12.3 Å². The van der Waals surface area contributed by atoms with Crippen LogP contribution in [0.25, 0.3) is 5.65 Å². The molecule has 0 bridgehead atoms. The summed E-state index contributed by atoms with van der Waals surface area (Å²) in [5, 5.41) is 16.4. The number of nitrogens with zero attached hydrogens (tertiary/aromatic N) is 4. The molecule has 2 amide bonds. The van der Waals surface area contributed by atoms with Crippen LogP contribution in [-0.4, -0.2) is 67.5 Å². The standard InChI is InChI=1S/C22H21F4N5O4/c1-21(2,34)17(23)10-30-9-12-6-15(16(7-13(12)20(30)33)35-11-22(24,25)26)29-19(32)14-8-28-31-5-3-4-27-18(14)31/h3-8,17,34H,9-11H2,1-2H3,(H,29,32). The monoisotopic (exact) mass is 495 g/mol. The van der Waals surface area contributed by atoms with Gasteiger partial charge in [-0.1, -0.05) is 0 Å². The maximum atomic E-state index is 14.4. The first-order valence-corrected chi connectivity index (χ1v) is 10.5. The number of carbonyl (C=O) groups is 2. The molecule has 4 rings (SSSR count). The van der Waals surface area contributed by atoms with Gasteiger partial charge in [0.25, 0.3) is 11.8 Å². The fourth-order valence-corrected chi connectivity index (χ4v) is 3.52.